The van der Waals surface area contributed by atoms with Crippen LogP contribution in [0.2, 0.25) is 0 Å². The molecule has 1 N–H and O–H groups in total. The van der Waals surface area contributed by atoms with E-state index in [1.165, 1.54) is 6.07 Å². The summed E-state index contributed by atoms with van der Waals surface area (Å²) < 4.78 is 15.9. The van der Waals surface area contributed by atoms with E-state index in [1.54, 1.807) is 35.3 Å². The van der Waals surface area contributed by atoms with Crippen molar-refractivity contribution in [1.82, 2.24) is 34.9 Å². The third-order valence-electron chi connectivity index (χ3n) is 4.19. The quantitative estimate of drug-likeness (QED) is 0.557. The number of hydrogen-bond donors (Lipinski definition) is 1. The molecule has 0 bridgehead atoms. The Morgan fingerprint density at radius 1 is 1.07 bits per heavy atom. The molecule has 0 aliphatic rings. The van der Waals surface area contributed by atoms with Gasteiger partial charge in [0.05, 0.1) is 6.42 Å². The normalized spacial score (nSPS) is 11.3. The third kappa shape index (κ3) is 3.80. The molecule has 0 aliphatic heterocycles. The van der Waals surface area contributed by atoms with Gasteiger partial charge in [-0.2, -0.15) is 10.2 Å². The topological polar surface area (TPSA) is 85.2 Å². The fourth-order valence-corrected chi connectivity index (χ4v) is 2.93. The molecule has 0 radical (unpaired) electrons. The Balaban J connectivity index is 1.68. The van der Waals surface area contributed by atoms with Crippen LogP contribution in [0, 0.1) is 11.7 Å². The molecule has 0 unspecified atom stereocenters. The second-order valence-electron chi connectivity index (χ2n) is 6.92. The SMILES string of the molecule is CC(C)Cc1nc(Cc2nc(-c3ccncc3)n[nH]2)n(-c2ccccc2F)n1. The summed E-state index contributed by atoms with van der Waals surface area (Å²) in [6.07, 6.45) is 4.46. The second-order valence-corrected chi connectivity index (χ2v) is 6.92. The molecular weight excluding hydrogens is 357 g/mol. The van der Waals surface area contributed by atoms with Gasteiger partial charge in [-0.25, -0.2) is 19.0 Å². The van der Waals surface area contributed by atoms with Crippen LogP contribution in [-0.2, 0) is 12.8 Å². The van der Waals surface area contributed by atoms with Gasteiger partial charge in [-0.05, 0) is 30.2 Å². The van der Waals surface area contributed by atoms with Crippen molar-refractivity contribution in [3.8, 4) is 17.1 Å². The van der Waals surface area contributed by atoms with Gasteiger partial charge in [0.25, 0.3) is 0 Å². The largest absolute Gasteiger partial charge is 0.265 e. The average molecular weight is 377 g/mol. The number of aromatic amines is 1. The zero-order valence-corrected chi connectivity index (χ0v) is 15.7. The first-order chi connectivity index (χ1) is 13.6. The van der Waals surface area contributed by atoms with Gasteiger partial charge in [-0.3, -0.25) is 10.1 Å². The lowest BCUT2D eigenvalue weighted by Gasteiger charge is -2.05. The number of halogens is 1. The Hall–Kier alpha value is -3.42. The van der Waals surface area contributed by atoms with Crippen LogP contribution in [0.3, 0.4) is 0 Å². The summed E-state index contributed by atoms with van der Waals surface area (Å²) in [6.45, 7) is 4.20. The molecular formula is C20H20FN7. The molecule has 4 rings (SSSR count). The van der Waals surface area contributed by atoms with Crippen LogP contribution in [0.1, 0.15) is 31.3 Å². The van der Waals surface area contributed by atoms with E-state index in [0.717, 1.165) is 5.56 Å². The molecule has 0 saturated heterocycles. The van der Waals surface area contributed by atoms with E-state index < -0.39 is 0 Å². The van der Waals surface area contributed by atoms with Gasteiger partial charge in [0.15, 0.2) is 11.6 Å². The van der Waals surface area contributed by atoms with E-state index in [4.69, 9.17) is 0 Å². The lowest BCUT2D eigenvalue weighted by atomic mass is 10.1. The van der Waals surface area contributed by atoms with Crippen molar-refractivity contribution in [1.29, 1.82) is 0 Å². The van der Waals surface area contributed by atoms with Gasteiger partial charge in [-0.1, -0.05) is 26.0 Å². The molecule has 7 nitrogen and oxygen atoms in total. The zero-order valence-electron chi connectivity index (χ0n) is 15.7. The van der Waals surface area contributed by atoms with Gasteiger partial charge >= 0.3 is 0 Å². The molecule has 0 atom stereocenters. The van der Waals surface area contributed by atoms with Crippen molar-refractivity contribution < 1.29 is 4.39 Å². The maximum atomic E-state index is 14.4. The highest BCUT2D eigenvalue weighted by Crippen LogP contribution is 2.18. The molecule has 0 spiro atoms. The number of pyridine rings is 1. The summed E-state index contributed by atoms with van der Waals surface area (Å²) in [4.78, 5) is 13.2. The highest BCUT2D eigenvalue weighted by atomic mass is 19.1. The van der Waals surface area contributed by atoms with E-state index in [1.807, 2.05) is 12.1 Å². The minimum atomic E-state index is -0.347. The van der Waals surface area contributed by atoms with Crippen molar-refractivity contribution in [2.75, 3.05) is 0 Å². The van der Waals surface area contributed by atoms with Crippen molar-refractivity contribution in [2.45, 2.75) is 26.7 Å². The molecule has 3 heterocycles. The van der Waals surface area contributed by atoms with E-state index in [2.05, 4.69) is 44.1 Å². The fourth-order valence-electron chi connectivity index (χ4n) is 2.93. The molecule has 0 aliphatic carbocycles. The number of rotatable bonds is 6. The summed E-state index contributed by atoms with van der Waals surface area (Å²) in [5.74, 6) is 2.55. The highest BCUT2D eigenvalue weighted by molar-refractivity contribution is 5.53. The Kier molecular flexibility index (Phi) is 4.92. The summed E-state index contributed by atoms with van der Waals surface area (Å²) in [5, 5.41) is 11.7. The van der Waals surface area contributed by atoms with Crippen LogP contribution >= 0.6 is 0 Å². The molecule has 28 heavy (non-hydrogen) atoms. The van der Waals surface area contributed by atoms with Crippen LogP contribution in [-0.4, -0.2) is 34.9 Å². The van der Waals surface area contributed by atoms with Crippen LogP contribution in [0.5, 0.6) is 0 Å². The molecule has 1 aromatic carbocycles. The van der Waals surface area contributed by atoms with Crippen LogP contribution in [0.25, 0.3) is 17.1 Å². The molecule has 3 aromatic heterocycles. The zero-order chi connectivity index (χ0) is 19.5. The Bertz CT molecular complexity index is 1070. The number of nitrogens with one attached hydrogen (secondary N) is 1. The summed E-state index contributed by atoms with van der Waals surface area (Å²) in [5.41, 5.74) is 1.24. The summed E-state index contributed by atoms with van der Waals surface area (Å²) >= 11 is 0. The molecule has 4 aromatic rings. The van der Waals surface area contributed by atoms with Crippen molar-refractivity contribution >= 4 is 0 Å². The minimum absolute atomic E-state index is 0.347. The fraction of sp³-hybridized carbons (Fsp3) is 0.250. The molecule has 0 saturated carbocycles. The monoisotopic (exact) mass is 377 g/mol. The van der Waals surface area contributed by atoms with E-state index in [9.17, 15) is 4.39 Å². The second kappa shape index (κ2) is 7.67. The van der Waals surface area contributed by atoms with Gasteiger partial charge in [-0.15, -0.1) is 0 Å². The lowest BCUT2D eigenvalue weighted by molar-refractivity contribution is 0.598. The first-order valence-corrected chi connectivity index (χ1v) is 9.11. The van der Waals surface area contributed by atoms with Gasteiger partial charge in [0.2, 0.25) is 0 Å². The molecule has 142 valence electrons. The number of nitrogens with zero attached hydrogens (tertiary/aromatic N) is 6. The van der Waals surface area contributed by atoms with E-state index >= 15 is 0 Å². The standard InChI is InChI=1S/C20H20FN7/c1-13(2)11-18-23-19(28(27-18)16-6-4-3-5-15(16)21)12-17-24-20(26-25-17)14-7-9-22-10-8-14/h3-10,13H,11-12H2,1-2H3,(H,24,25,26). The number of benzene rings is 1. The molecule has 0 amide bonds. The van der Waals surface area contributed by atoms with Gasteiger partial charge < -0.3 is 0 Å². The number of H-pyrrole nitrogens is 1. The number of para-hydroxylation sites is 1. The van der Waals surface area contributed by atoms with Gasteiger partial charge in [0, 0.05) is 24.4 Å². The number of hydrogen-bond acceptors (Lipinski definition) is 5. The minimum Gasteiger partial charge on any atom is -0.265 e. The van der Waals surface area contributed by atoms with Crippen molar-refractivity contribution in [3.63, 3.8) is 0 Å². The van der Waals surface area contributed by atoms with Crippen molar-refractivity contribution in [3.05, 3.63) is 72.1 Å². The smallest absolute Gasteiger partial charge is 0.181 e. The van der Waals surface area contributed by atoms with Crippen LogP contribution in [0.15, 0.2) is 48.8 Å². The summed E-state index contributed by atoms with van der Waals surface area (Å²) in [7, 11) is 0. The lowest BCUT2D eigenvalue weighted by Crippen LogP contribution is -2.07. The Morgan fingerprint density at radius 2 is 1.86 bits per heavy atom. The van der Waals surface area contributed by atoms with Gasteiger partial charge in [0.1, 0.15) is 23.2 Å². The first kappa shape index (κ1) is 18.0. The Morgan fingerprint density at radius 3 is 2.61 bits per heavy atom. The van der Waals surface area contributed by atoms with Crippen LogP contribution < -0.4 is 0 Å². The van der Waals surface area contributed by atoms with E-state index in [0.29, 0.717) is 47.7 Å². The van der Waals surface area contributed by atoms with E-state index in [-0.39, 0.29) is 5.82 Å². The molecule has 0 fully saturated rings. The maximum Gasteiger partial charge on any atom is 0.181 e. The predicted molar refractivity (Wildman–Crippen MR) is 102 cm³/mol. The average Bonchev–Trinajstić information content (AvgIpc) is 3.30. The number of aromatic nitrogens is 7. The predicted octanol–water partition coefficient (Wildman–Crippen LogP) is 3.38. The Labute approximate surface area is 161 Å². The summed E-state index contributed by atoms with van der Waals surface area (Å²) in [6, 6.07) is 10.2. The van der Waals surface area contributed by atoms with Crippen molar-refractivity contribution in [2.24, 2.45) is 5.92 Å². The molecule has 8 heteroatoms. The highest BCUT2D eigenvalue weighted by Gasteiger charge is 2.17. The maximum absolute atomic E-state index is 14.4. The third-order valence-corrected chi connectivity index (χ3v) is 4.19. The first-order valence-electron chi connectivity index (χ1n) is 9.11. The van der Waals surface area contributed by atoms with Crippen LogP contribution in [0.4, 0.5) is 4.39 Å².